The monoisotopic (exact) mass is 440 g/mol. The van der Waals surface area contributed by atoms with Crippen LogP contribution in [0.25, 0.3) is 0 Å². The molecule has 0 spiro atoms. The predicted molar refractivity (Wildman–Crippen MR) is 111 cm³/mol. The highest BCUT2D eigenvalue weighted by molar-refractivity contribution is 5.79. The Balaban J connectivity index is 1.27. The predicted octanol–water partition coefficient (Wildman–Crippen LogP) is 2.93. The van der Waals surface area contributed by atoms with Crippen LogP contribution in [0.4, 0.5) is 19.0 Å². The first-order valence-electron chi connectivity index (χ1n) is 11.2. The summed E-state index contributed by atoms with van der Waals surface area (Å²) in [4.78, 5) is 20.8. The second-order valence-corrected chi connectivity index (χ2v) is 9.03. The Kier molecular flexibility index (Phi) is 6.71. The number of nitrogens with zero attached hydrogens (tertiary/aromatic N) is 3. The standard InChI is InChI=1S/C22H31F3N4O2/c1-15-14-31-11-5-19(15)27-18-3-2-16(12-18)21(30)29-9-7-28(8-10-29)20-13-17(4-6-26-20)22(23,24)25/h4,6,13,15-16,18-19,27H,2-3,5,7-12,14H2,1H3/t15?,16-,18?,19?/m0/s1. The first-order chi connectivity index (χ1) is 14.8. The average Bonchev–Trinajstić information content (AvgIpc) is 3.23. The van der Waals surface area contributed by atoms with Gasteiger partial charge in [0.1, 0.15) is 5.82 Å². The smallest absolute Gasteiger partial charge is 0.381 e. The topological polar surface area (TPSA) is 57.7 Å². The van der Waals surface area contributed by atoms with Gasteiger partial charge in [-0.1, -0.05) is 6.92 Å². The maximum Gasteiger partial charge on any atom is 0.416 e. The van der Waals surface area contributed by atoms with Crippen LogP contribution in [0.15, 0.2) is 18.3 Å². The van der Waals surface area contributed by atoms with E-state index in [4.69, 9.17) is 4.74 Å². The molecule has 3 unspecified atom stereocenters. The zero-order chi connectivity index (χ0) is 22.0. The zero-order valence-corrected chi connectivity index (χ0v) is 17.9. The Hall–Kier alpha value is -1.87. The van der Waals surface area contributed by atoms with Crippen LogP contribution in [0.1, 0.15) is 38.2 Å². The van der Waals surface area contributed by atoms with E-state index in [0.717, 1.165) is 51.0 Å². The highest BCUT2D eigenvalue weighted by Gasteiger charge is 2.36. The lowest BCUT2D eigenvalue weighted by molar-refractivity contribution is -0.137. The summed E-state index contributed by atoms with van der Waals surface area (Å²) in [7, 11) is 0. The van der Waals surface area contributed by atoms with Crippen LogP contribution in [0.5, 0.6) is 0 Å². The molecule has 172 valence electrons. The SMILES string of the molecule is CC1COCCC1NC1CC[C@H](C(=O)N2CCN(c3cc(C(F)(F)F)ccn3)CC2)C1. The number of anilines is 1. The highest BCUT2D eigenvalue weighted by Crippen LogP contribution is 2.32. The number of halogens is 3. The molecule has 1 aliphatic carbocycles. The Morgan fingerprint density at radius 2 is 1.97 bits per heavy atom. The molecule has 9 heteroatoms. The number of alkyl halides is 3. The van der Waals surface area contributed by atoms with E-state index in [0.29, 0.717) is 50.0 Å². The number of hydrogen-bond donors (Lipinski definition) is 1. The van der Waals surface area contributed by atoms with Gasteiger partial charge in [-0.05, 0) is 43.7 Å². The molecule has 2 saturated heterocycles. The molecule has 4 atom stereocenters. The number of aromatic nitrogens is 1. The maximum absolute atomic E-state index is 13.0. The first kappa shape index (κ1) is 22.3. The summed E-state index contributed by atoms with van der Waals surface area (Å²) in [5, 5.41) is 3.74. The van der Waals surface area contributed by atoms with Crippen LogP contribution in [0.3, 0.4) is 0 Å². The third-order valence-corrected chi connectivity index (χ3v) is 6.86. The number of rotatable bonds is 4. The molecule has 1 N–H and O–H groups in total. The second kappa shape index (κ2) is 9.32. The van der Waals surface area contributed by atoms with Gasteiger partial charge in [-0.25, -0.2) is 4.98 Å². The number of carbonyl (C=O) groups excluding carboxylic acids is 1. The van der Waals surface area contributed by atoms with Crippen molar-refractivity contribution < 1.29 is 22.7 Å². The Morgan fingerprint density at radius 3 is 2.68 bits per heavy atom. The van der Waals surface area contributed by atoms with E-state index in [1.54, 1.807) is 0 Å². The Bertz CT molecular complexity index is 767. The molecule has 31 heavy (non-hydrogen) atoms. The fourth-order valence-electron chi connectivity index (χ4n) is 4.97. The van der Waals surface area contributed by atoms with Gasteiger partial charge in [-0.15, -0.1) is 0 Å². The zero-order valence-electron chi connectivity index (χ0n) is 17.9. The van der Waals surface area contributed by atoms with E-state index >= 15 is 0 Å². The third-order valence-electron chi connectivity index (χ3n) is 6.86. The number of piperazine rings is 1. The van der Waals surface area contributed by atoms with E-state index < -0.39 is 11.7 Å². The highest BCUT2D eigenvalue weighted by atomic mass is 19.4. The van der Waals surface area contributed by atoms with Crippen molar-refractivity contribution in [2.24, 2.45) is 11.8 Å². The van der Waals surface area contributed by atoms with Crippen LogP contribution in [-0.2, 0) is 15.7 Å². The summed E-state index contributed by atoms with van der Waals surface area (Å²) in [6.45, 7) is 5.81. The van der Waals surface area contributed by atoms with Crippen molar-refractivity contribution in [1.29, 1.82) is 0 Å². The number of pyridine rings is 1. The lowest BCUT2D eigenvalue weighted by Gasteiger charge is -2.37. The summed E-state index contributed by atoms with van der Waals surface area (Å²) in [6.07, 6.45) is 0.587. The number of ether oxygens (including phenoxy) is 1. The van der Waals surface area contributed by atoms with Crippen molar-refractivity contribution in [3.05, 3.63) is 23.9 Å². The molecular formula is C22H31F3N4O2. The Morgan fingerprint density at radius 1 is 1.19 bits per heavy atom. The molecule has 0 bridgehead atoms. The van der Waals surface area contributed by atoms with Gasteiger partial charge < -0.3 is 19.9 Å². The second-order valence-electron chi connectivity index (χ2n) is 9.03. The number of hydrogen-bond acceptors (Lipinski definition) is 5. The van der Waals surface area contributed by atoms with Gasteiger partial charge in [-0.3, -0.25) is 4.79 Å². The molecule has 2 aliphatic heterocycles. The number of amides is 1. The molecule has 0 radical (unpaired) electrons. The fourth-order valence-corrected chi connectivity index (χ4v) is 4.97. The van der Waals surface area contributed by atoms with Crippen LogP contribution in [-0.4, -0.2) is 67.3 Å². The molecule has 1 aromatic heterocycles. The molecule has 3 fully saturated rings. The maximum atomic E-state index is 13.0. The van der Waals surface area contributed by atoms with Crippen molar-refractivity contribution in [1.82, 2.24) is 15.2 Å². The third kappa shape index (κ3) is 5.31. The molecular weight excluding hydrogens is 409 g/mol. The Labute approximate surface area is 181 Å². The normalized spacial score (nSPS) is 29.9. The van der Waals surface area contributed by atoms with Crippen LogP contribution in [0, 0.1) is 11.8 Å². The van der Waals surface area contributed by atoms with E-state index in [1.807, 2.05) is 9.80 Å². The lowest BCUT2D eigenvalue weighted by atomic mass is 9.96. The van der Waals surface area contributed by atoms with Gasteiger partial charge in [0.25, 0.3) is 0 Å². The molecule has 4 rings (SSSR count). The summed E-state index contributed by atoms with van der Waals surface area (Å²) in [5.74, 6) is 1.02. The van der Waals surface area contributed by atoms with Crippen molar-refractivity contribution in [2.45, 2.75) is 50.9 Å². The van der Waals surface area contributed by atoms with Gasteiger partial charge in [0.2, 0.25) is 5.91 Å². The molecule has 1 saturated carbocycles. The van der Waals surface area contributed by atoms with Crippen LogP contribution >= 0.6 is 0 Å². The van der Waals surface area contributed by atoms with Crippen molar-refractivity contribution in [2.75, 3.05) is 44.3 Å². The molecule has 6 nitrogen and oxygen atoms in total. The lowest BCUT2D eigenvalue weighted by Crippen LogP contribution is -2.50. The molecule has 3 aliphatic rings. The fraction of sp³-hybridized carbons (Fsp3) is 0.727. The summed E-state index contributed by atoms with van der Waals surface area (Å²) >= 11 is 0. The van der Waals surface area contributed by atoms with Crippen molar-refractivity contribution in [3.8, 4) is 0 Å². The quantitative estimate of drug-likeness (QED) is 0.780. The number of carbonyl (C=O) groups is 1. The van der Waals surface area contributed by atoms with Crippen molar-refractivity contribution >= 4 is 11.7 Å². The van der Waals surface area contributed by atoms with E-state index in [9.17, 15) is 18.0 Å². The largest absolute Gasteiger partial charge is 0.416 e. The first-order valence-corrected chi connectivity index (χ1v) is 11.2. The summed E-state index contributed by atoms with van der Waals surface area (Å²) in [5.41, 5.74) is -0.695. The van der Waals surface area contributed by atoms with Crippen LogP contribution in [0.2, 0.25) is 0 Å². The van der Waals surface area contributed by atoms with Gasteiger partial charge in [0.15, 0.2) is 0 Å². The van der Waals surface area contributed by atoms with Gasteiger partial charge >= 0.3 is 6.18 Å². The minimum absolute atomic E-state index is 0.0332. The van der Waals surface area contributed by atoms with Gasteiger partial charge in [-0.2, -0.15) is 13.2 Å². The number of nitrogens with one attached hydrogen (secondary N) is 1. The van der Waals surface area contributed by atoms with Crippen LogP contribution < -0.4 is 10.2 Å². The minimum atomic E-state index is -4.38. The average molecular weight is 441 g/mol. The van der Waals surface area contributed by atoms with E-state index in [1.165, 1.54) is 6.20 Å². The molecule has 0 aromatic carbocycles. The molecule has 1 amide bonds. The summed E-state index contributed by atoms with van der Waals surface area (Å²) in [6, 6.07) is 2.89. The molecule has 1 aromatic rings. The van der Waals surface area contributed by atoms with Gasteiger partial charge in [0, 0.05) is 57.0 Å². The van der Waals surface area contributed by atoms with Gasteiger partial charge in [0.05, 0.1) is 12.2 Å². The van der Waals surface area contributed by atoms with E-state index in [-0.39, 0.29) is 11.8 Å². The summed E-state index contributed by atoms with van der Waals surface area (Å²) < 4.78 is 44.4. The minimum Gasteiger partial charge on any atom is -0.381 e. The van der Waals surface area contributed by atoms with E-state index in [2.05, 4.69) is 17.2 Å². The molecule has 3 heterocycles. The van der Waals surface area contributed by atoms with Crippen molar-refractivity contribution in [3.63, 3.8) is 0 Å².